The Morgan fingerprint density at radius 3 is 2.86 bits per heavy atom. The summed E-state index contributed by atoms with van der Waals surface area (Å²) in [5.41, 5.74) is 0.611. The lowest BCUT2D eigenvalue weighted by molar-refractivity contribution is 0.0457. The number of rotatable bonds is 3. The molecule has 2 atom stereocenters. The van der Waals surface area contributed by atoms with Gasteiger partial charge in [-0.15, -0.1) is 0 Å². The zero-order chi connectivity index (χ0) is 16.2. The van der Waals surface area contributed by atoms with Crippen molar-refractivity contribution < 1.29 is 9.53 Å². The molecule has 2 heterocycles. The second-order valence-corrected chi connectivity index (χ2v) is 6.91. The highest BCUT2D eigenvalue weighted by molar-refractivity contribution is 5.68. The van der Waals surface area contributed by atoms with Crippen LogP contribution < -0.4 is 5.32 Å². The molecule has 0 unspecified atom stereocenters. The lowest BCUT2D eigenvalue weighted by atomic mass is 10.0. The second-order valence-electron chi connectivity index (χ2n) is 6.91. The Morgan fingerprint density at radius 1 is 1.45 bits per heavy atom. The van der Waals surface area contributed by atoms with Gasteiger partial charge in [0.2, 0.25) is 0 Å². The maximum atomic E-state index is 11.9. The van der Waals surface area contributed by atoms with Gasteiger partial charge in [-0.1, -0.05) is 6.07 Å². The number of ether oxygens (including phenoxy) is 1. The van der Waals surface area contributed by atoms with Gasteiger partial charge in [-0.3, -0.25) is 9.88 Å². The molecule has 0 radical (unpaired) electrons. The Hall–Kier alpha value is -1.62. The fourth-order valence-corrected chi connectivity index (χ4v) is 2.76. The van der Waals surface area contributed by atoms with Crippen LogP contribution in [0.3, 0.4) is 0 Å². The number of nitrogens with zero attached hydrogens (tertiary/aromatic N) is 2. The van der Waals surface area contributed by atoms with Crippen LogP contribution in [0.5, 0.6) is 0 Å². The minimum absolute atomic E-state index is 0.134. The van der Waals surface area contributed by atoms with Crippen molar-refractivity contribution in [2.75, 3.05) is 13.1 Å². The van der Waals surface area contributed by atoms with E-state index in [0.717, 1.165) is 31.6 Å². The predicted molar refractivity (Wildman–Crippen MR) is 86.6 cm³/mol. The Bertz CT molecular complexity index is 484. The molecule has 1 amide bonds. The molecule has 1 fully saturated rings. The highest BCUT2D eigenvalue weighted by Gasteiger charge is 2.27. The summed E-state index contributed by atoms with van der Waals surface area (Å²) >= 11 is 0. The maximum Gasteiger partial charge on any atom is 0.407 e. The normalized spacial score (nSPS) is 21.2. The highest BCUT2D eigenvalue weighted by Crippen LogP contribution is 2.22. The topological polar surface area (TPSA) is 54.5 Å². The Kier molecular flexibility index (Phi) is 5.40. The number of piperidine rings is 1. The van der Waals surface area contributed by atoms with Crippen LogP contribution in [0.25, 0.3) is 0 Å². The monoisotopic (exact) mass is 305 g/mol. The molecule has 0 saturated carbocycles. The summed E-state index contributed by atoms with van der Waals surface area (Å²) < 4.78 is 5.34. The zero-order valence-electron chi connectivity index (χ0n) is 14.0. The van der Waals surface area contributed by atoms with Crippen LogP contribution in [0, 0.1) is 0 Å². The first-order valence-corrected chi connectivity index (χ1v) is 7.99. The van der Waals surface area contributed by atoms with E-state index in [1.54, 1.807) is 0 Å². The number of nitrogens with one attached hydrogen (secondary N) is 1. The molecule has 5 nitrogen and oxygen atoms in total. The van der Waals surface area contributed by atoms with Gasteiger partial charge in [-0.25, -0.2) is 4.79 Å². The van der Waals surface area contributed by atoms with Crippen LogP contribution in [0.1, 0.15) is 52.3 Å². The molecule has 0 aliphatic carbocycles. The van der Waals surface area contributed by atoms with E-state index in [1.807, 2.05) is 39.1 Å². The Labute approximate surface area is 133 Å². The molecule has 1 saturated heterocycles. The maximum absolute atomic E-state index is 11.9. The summed E-state index contributed by atoms with van der Waals surface area (Å²) in [6.45, 7) is 9.66. The van der Waals surface area contributed by atoms with Crippen LogP contribution in [0.4, 0.5) is 4.79 Å². The Balaban J connectivity index is 1.90. The molecule has 2 rings (SSSR count). The quantitative estimate of drug-likeness (QED) is 0.932. The van der Waals surface area contributed by atoms with Gasteiger partial charge in [0.15, 0.2) is 0 Å². The van der Waals surface area contributed by atoms with Crippen molar-refractivity contribution in [1.82, 2.24) is 15.2 Å². The van der Waals surface area contributed by atoms with E-state index in [4.69, 9.17) is 4.74 Å². The zero-order valence-corrected chi connectivity index (χ0v) is 14.0. The number of amides is 1. The number of carbonyl (C=O) groups excluding carboxylic acids is 1. The molecule has 5 heteroatoms. The number of hydrogen-bond donors (Lipinski definition) is 1. The van der Waals surface area contributed by atoms with Gasteiger partial charge >= 0.3 is 6.09 Å². The predicted octanol–water partition coefficient (Wildman–Crippen LogP) is 3.13. The van der Waals surface area contributed by atoms with Gasteiger partial charge in [-0.05, 0) is 59.2 Å². The van der Waals surface area contributed by atoms with Crippen molar-refractivity contribution in [3.63, 3.8) is 0 Å². The van der Waals surface area contributed by atoms with Crippen molar-refractivity contribution in [2.45, 2.75) is 58.2 Å². The number of hydrogen-bond acceptors (Lipinski definition) is 4. The van der Waals surface area contributed by atoms with Crippen LogP contribution in [-0.4, -0.2) is 40.7 Å². The molecule has 1 aromatic heterocycles. The average Bonchev–Trinajstić information content (AvgIpc) is 2.45. The highest BCUT2D eigenvalue weighted by atomic mass is 16.6. The minimum Gasteiger partial charge on any atom is -0.444 e. The third-order valence-corrected chi connectivity index (χ3v) is 3.84. The third-order valence-electron chi connectivity index (χ3n) is 3.84. The van der Waals surface area contributed by atoms with Crippen LogP contribution in [-0.2, 0) is 4.74 Å². The van der Waals surface area contributed by atoms with Gasteiger partial charge < -0.3 is 10.1 Å². The molecule has 1 aliphatic heterocycles. The lowest BCUT2D eigenvalue weighted by Crippen LogP contribution is -2.49. The van der Waals surface area contributed by atoms with Crippen molar-refractivity contribution >= 4 is 6.09 Å². The van der Waals surface area contributed by atoms with E-state index in [-0.39, 0.29) is 18.2 Å². The van der Waals surface area contributed by atoms with E-state index < -0.39 is 5.60 Å². The molecule has 22 heavy (non-hydrogen) atoms. The van der Waals surface area contributed by atoms with Gasteiger partial charge in [0.05, 0.1) is 5.69 Å². The molecule has 122 valence electrons. The number of likely N-dealkylation sites (tertiary alicyclic amines) is 1. The standard InChI is InChI=1S/C17H27N3O2/c1-13(15-9-5-6-10-18-15)20-11-7-8-14(12-20)19-16(21)22-17(2,3)4/h5-6,9-10,13-14H,7-8,11-12H2,1-4H3,(H,19,21)/t13-,14-/m0/s1. The van der Waals surface area contributed by atoms with E-state index in [9.17, 15) is 4.79 Å². The lowest BCUT2D eigenvalue weighted by Gasteiger charge is -2.37. The van der Waals surface area contributed by atoms with Crippen molar-refractivity contribution in [1.29, 1.82) is 0 Å². The summed E-state index contributed by atoms with van der Waals surface area (Å²) in [7, 11) is 0. The number of pyridine rings is 1. The first kappa shape index (κ1) is 16.7. The SMILES string of the molecule is C[C@@H](c1ccccn1)N1CCC[C@H](NC(=O)OC(C)(C)C)C1. The van der Waals surface area contributed by atoms with Gasteiger partial charge in [0, 0.05) is 24.8 Å². The molecule has 1 N–H and O–H groups in total. The first-order chi connectivity index (χ1) is 10.3. The molecule has 0 bridgehead atoms. The third kappa shape index (κ3) is 4.98. The molecule has 1 aliphatic rings. The summed E-state index contributed by atoms with van der Waals surface area (Å²) in [6.07, 6.45) is 3.55. The van der Waals surface area contributed by atoms with Crippen LogP contribution in [0.15, 0.2) is 24.4 Å². The molecule has 0 spiro atoms. The van der Waals surface area contributed by atoms with E-state index in [1.165, 1.54) is 0 Å². The molecular weight excluding hydrogens is 278 g/mol. The van der Waals surface area contributed by atoms with Gasteiger partial charge in [0.1, 0.15) is 5.60 Å². The van der Waals surface area contributed by atoms with E-state index >= 15 is 0 Å². The second kappa shape index (κ2) is 7.09. The van der Waals surface area contributed by atoms with Crippen LogP contribution in [0.2, 0.25) is 0 Å². The van der Waals surface area contributed by atoms with Gasteiger partial charge in [0.25, 0.3) is 0 Å². The first-order valence-electron chi connectivity index (χ1n) is 7.99. The van der Waals surface area contributed by atoms with E-state index in [2.05, 4.69) is 28.2 Å². The van der Waals surface area contributed by atoms with Gasteiger partial charge in [-0.2, -0.15) is 0 Å². The number of aromatic nitrogens is 1. The fraction of sp³-hybridized carbons (Fsp3) is 0.647. The van der Waals surface area contributed by atoms with E-state index in [0.29, 0.717) is 0 Å². The van der Waals surface area contributed by atoms with Crippen molar-refractivity contribution in [3.8, 4) is 0 Å². The summed E-state index contributed by atoms with van der Waals surface area (Å²) in [6, 6.07) is 6.38. The fourth-order valence-electron chi connectivity index (χ4n) is 2.76. The summed E-state index contributed by atoms with van der Waals surface area (Å²) in [5, 5.41) is 2.99. The Morgan fingerprint density at radius 2 is 2.23 bits per heavy atom. The minimum atomic E-state index is -0.459. The number of carbonyl (C=O) groups is 1. The van der Waals surface area contributed by atoms with Crippen molar-refractivity contribution in [2.24, 2.45) is 0 Å². The largest absolute Gasteiger partial charge is 0.444 e. The van der Waals surface area contributed by atoms with Crippen LogP contribution >= 0.6 is 0 Å². The van der Waals surface area contributed by atoms with Crippen molar-refractivity contribution in [3.05, 3.63) is 30.1 Å². The number of alkyl carbamates (subject to hydrolysis) is 1. The summed E-state index contributed by atoms with van der Waals surface area (Å²) in [5.74, 6) is 0. The molecule has 0 aromatic carbocycles. The smallest absolute Gasteiger partial charge is 0.407 e. The molecule has 1 aromatic rings. The summed E-state index contributed by atoms with van der Waals surface area (Å²) in [4.78, 5) is 18.7. The average molecular weight is 305 g/mol. The molecular formula is C17H27N3O2.